The molecule has 0 aromatic heterocycles. The molecule has 6 nitrogen and oxygen atoms in total. The van der Waals surface area contributed by atoms with Crippen LogP contribution in [-0.4, -0.2) is 106 Å². The fourth-order valence-electron chi connectivity index (χ4n) is 3.33. The van der Waals surface area contributed by atoms with Crippen LogP contribution in [0.15, 0.2) is 0 Å². The molecular formula is C26H54FIN2O4S4. The number of carbonyl (C=O) groups is 2. The van der Waals surface area contributed by atoms with Crippen molar-refractivity contribution in [1.29, 1.82) is 1.45 Å². The summed E-state index contributed by atoms with van der Waals surface area (Å²) in [6.07, 6.45) is 10.6. The third-order valence-corrected chi connectivity index (χ3v) is 11.6. The Morgan fingerprint density at radius 1 is 0.868 bits per heavy atom. The minimum absolute atomic E-state index is 0. The molecular weight excluding hydrogens is 678 g/mol. The number of halogens is 2. The summed E-state index contributed by atoms with van der Waals surface area (Å²) in [7, 11) is 18.3. The van der Waals surface area contributed by atoms with E-state index in [1.807, 2.05) is 62.2 Å². The molecule has 0 radical (unpaired) electrons. The molecule has 2 heterocycles. The van der Waals surface area contributed by atoms with Gasteiger partial charge in [-0.15, -0.1) is 0 Å². The lowest BCUT2D eigenvalue weighted by atomic mass is 10.1. The Kier molecular flexibility index (Phi) is 29.0. The van der Waals surface area contributed by atoms with E-state index < -0.39 is 0 Å². The van der Waals surface area contributed by atoms with Crippen LogP contribution in [0.1, 0.15) is 71.6 Å². The largest absolute Gasteiger partial charge is 1.00 e. The molecule has 0 N–H and O–H groups in total. The lowest BCUT2D eigenvalue weighted by Crippen LogP contribution is -3.00. The molecule has 0 amide bonds. The number of ether oxygens (including phenoxy) is 2. The highest BCUT2D eigenvalue weighted by Gasteiger charge is 2.17. The number of likely N-dealkylation sites (N-methyl/N-ethyl adjacent to an activating group) is 2. The number of hydrogen-bond donors (Lipinski definition) is 0. The van der Waals surface area contributed by atoms with Crippen LogP contribution in [0.25, 0.3) is 0 Å². The van der Waals surface area contributed by atoms with E-state index in [-0.39, 0.29) is 43.3 Å². The molecule has 0 spiro atoms. The first-order valence-corrected chi connectivity index (χ1v) is 17.7. The Bertz CT molecular complexity index is 585. The van der Waals surface area contributed by atoms with Crippen LogP contribution in [0.5, 0.6) is 0 Å². The molecule has 0 aromatic carbocycles. The minimum atomic E-state index is -0.0414. The van der Waals surface area contributed by atoms with Gasteiger partial charge in [-0.3, -0.25) is 14.3 Å². The highest BCUT2D eigenvalue weighted by Crippen LogP contribution is 2.40. The molecule has 2 atom stereocenters. The van der Waals surface area contributed by atoms with Crippen LogP contribution in [0.4, 0.5) is 4.72 Å². The van der Waals surface area contributed by atoms with Crippen molar-refractivity contribution in [2.75, 3.05) is 73.0 Å². The lowest BCUT2D eigenvalue weighted by Gasteiger charge is -2.23. The number of carbonyl (C=O) groups excluding carboxylic acids is 2. The van der Waals surface area contributed by atoms with Gasteiger partial charge in [0, 0.05) is 41.4 Å². The number of nitrogens with zero attached hydrogens (tertiary/aromatic N) is 2. The van der Waals surface area contributed by atoms with Crippen molar-refractivity contribution in [3.05, 3.63) is 0 Å². The molecule has 38 heavy (non-hydrogen) atoms. The number of unbranched alkanes of at least 4 members (excludes halogenated alkanes) is 2. The SMILES string of the molecule is C.CN(C)CCOC(=O)CCCCC1CCSS1.C[N+](C)(C)CCOC(=O)CCCCC1CCSS1.[3H]F.[I-]. The van der Waals surface area contributed by atoms with Crippen molar-refractivity contribution in [1.82, 2.24) is 4.90 Å². The molecule has 12 heteroatoms. The van der Waals surface area contributed by atoms with Gasteiger partial charge in [0.1, 0.15) is 19.8 Å². The molecule has 2 aliphatic heterocycles. The summed E-state index contributed by atoms with van der Waals surface area (Å²) >= 11 is 0. The summed E-state index contributed by atoms with van der Waals surface area (Å²) in [5.41, 5.74) is 0. The first-order valence-electron chi connectivity index (χ1n) is 13.4. The van der Waals surface area contributed by atoms with Crippen LogP contribution in [-0.2, 0) is 19.1 Å². The number of quaternary nitrogens is 1. The zero-order valence-electron chi connectivity index (χ0n) is 24.4. The third-order valence-electron chi connectivity index (χ3n) is 5.60. The third kappa shape index (κ3) is 27.1. The first kappa shape index (κ1) is 41.1. The molecule has 2 fully saturated rings. The number of esters is 2. The Morgan fingerprint density at radius 2 is 1.32 bits per heavy atom. The summed E-state index contributed by atoms with van der Waals surface area (Å²) in [5.74, 6) is 2.52. The van der Waals surface area contributed by atoms with Crippen molar-refractivity contribution in [2.45, 2.75) is 82.1 Å². The van der Waals surface area contributed by atoms with Crippen molar-refractivity contribution >= 4 is 55.1 Å². The predicted octanol–water partition coefficient (Wildman–Crippen LogP) is 3.55. The normalized spacial score (nSPS) is 18.6. The lowest BCUT2D eigenvalue weighted by molar-refractivity contribution is -0.870. The fraction of sp³-hybridized carbons (Fsp3) is 0.923. The van der Waals surface area contributed by atoms with Crippen LogP contribution >= 0.6 is 43.2 Å². The average molecular weight is 735 g/mol. The van der Waals surface area contributed by atoms with Gasteiger partial charge >= 0.3 is 11.9 Å². The summed E-state index contributed by atoms with van der Waals surface area (Å²) in [5, 5.41) is 1.65. The maximum atomic E-state index is 11.5. The molecule has 0 aromatic rings. The Labute approximate surface area is 267 Å². The number of rotatable bonds is 16. The summed E-state index contributed by atoms with van der Waals surface area (Å²) in [6.45, 7) is 2.74. The van der Waals surface area contributed by atoms with Gasteiger partial charge in [-0.25, -0.2) is 0 Å². The van der Waals surface area contributed by atoms with Gasteiger partial charge in [0.05, 0.1) is 21.1 Å². The van der Waals surface area contributed by atoms with Crippen molar-refractivity contribution in [2.24, 2.45) is 0 Å². The van der Waals surface area contributed by atoms with Crippen molar-refractivity contribution in [3.8, 4) is 0 Å². The molecule has 2 saturated heterocycles. The maximum absolute atomic E-state index is 11.5. The monoisotopic (exact) mass is 734 g/mol. The molecule has 0 bridgehead atoms. The van der Waals surface area contributed by atoms with E-state index in [4.69, 9.17) is 14.2 Å². The van der Waals surface area contributed by atoms with E-state index in [0.717, 1.165) is 53.8 Å². The molecule has 2 aliphatic rings. The highest BCUT2D eigenvalue weighted by atomic mass is 127. The highest BCUT2D eigenvalue weighted by molar-refractivity contribution is 8.77. The van der Waals surface area contributed by atoms with Crippen molar-refractivity contribution in [3.63, 3.8) is 0 Å². The van der Waals surface area contributed by atoms with Gasteiger partial charge in [-0.1, -0.05) is 63.4 Å². The van der Waals surface area contributed by atoms with Crippen LogP contribution in [0.3, 0.4) is 0 Å². The van der Waals surface area contributed by atoms with E-state index in [0.29, 0.717) is 26.1 Å². The Morgan fingerprint density at radius 3 is 1.68 bits per heavy atom. The topological polar surface area (TPSA) is 55.8 Å². The van der Waals surface area contributed by atoms with E-state index >= 15 is 0 Å². The summed E-state index contributed by atoms with van der Waals surface area (Å²) in [6, 6.07) is 0. The van der Waals surface area contributed by atoms with Gasteiger partial charge in [0.2, 0.25) is 0 Å². The number of hydrogen-bond acceptors (Lipinski definition) is 9. The zero-order chi connectivity index (χ0) is 27.9. The predicted molar refractivity (Wildman–Crippen MR) is 166 cm³/mol. The zero-order valence-corrected chi connectivity index (χ0v) is 28.8. The van der Waals surface area contributed by atoms with Gasteiger partial charge in [-0.2, -0.15) is 0 Å². The summed E-state index contributed by atoms with van der Waals surface area (Å²) < 4.78 is 24.2. The van der Waals surface area contributed by atoms with Crippen LogP contribution < -0.4 is 24.0 Å². The Hall–Kier alpha value is 0.920. The van der Waals surface area contributed by atoms with Crippen LogP contribution in [0.2, 0.25) is 0 Å². The van der Waals surface area contributed by atoms with E-state index in [1.165, 1.54) is 37.2 Å². The van der Waals surface area contributed by atoms with Crippen molar-refractivity contribution < 1.29 is 52.2 Å². The second kappa shape index (κ2) is 26.8. The summed E-state index contributed by atoms with van der Waals surface area (Å²) in [4.78, 5) is 24.9. The second-order valence-electron chi connectivity index (χ2n) is 10.4. The standard InChI is InChI=1S/C13H26NO2S2.C12H23NO2S2.CH4.FH.HI/c1-14(2,3)9-10-16-13(15)7-5-4-6-12-8-11-17-18-12;1-13(2)8-9-15-12(14)6-4-3-5-11-7-10-16-17-11;;;/h12H,4-11H2,1-3H3;11H,3-10H2,1-2H3;1H4;2*1H/q+1;;;;/p-1/i/hT. The quantitative estimate of drug-likeness (QED) is 0.0780. The Balaban J connectivity index is -0.000000596. The van der Waals surface area contributed by atoms with Gasteiger partial charge in [0.15, 0.2) is 0 Å². The smallest absolute Gasteiger partial charge is 0.305 e. The van der Waals surface area contributed by atoms with E-state index in [1.54, 1.807) is 0 Å². The average Bonchev–Trinajstić information content (AvgIpc) is 3.55. The first-order chi connectivity index (χ1) is 17.7. The van der Waals surface area contributed by atoms with Gasteiger partial charge < -0.3 is 42.8 Å². The maximum Gasteiger partial charge on any atom is 0.305 e. The molecule has 2 rings (SSSR count). The second-order valence-corrected chi connectivity index (χ2v) is 16.0. The van der Waals surface area contributed by atoms with Gasteiger partial charge in [-0.05, 0) is 52.6 Å². The van der Waals surface area contributed by atoms with E-state index in [9.17, 15) is 9.59 Å². The fourth-order valence-corrected chi connectivity index (χ4v) is 9.39. The van der Waals surface area contributed by atoms with Gasteiger partial charge in [0.25, 0.3) is 1.45 Å². The molecule has 0 aliphatic carbocycles. The van der Waals surface area contributed by atoms with E-state index in [2.05, 4.69) is 22.6 Å². The molecule has 0 saturated carbocycles. The molecule has 230 valence electrons. The minimum Gasteiger partial charge on any atom is -1.00 e. The van der Waals surface area contributed by atoms with Crippen LogP contribution in [0, 0.1) is 0 Å². The molecule has 2 unspecified atom stereocenters.